The minimum absolute atomic E-state index is 0.102. The first-order valence-electron chi connectivity index (χ1n) is 5.97. The highest BCUT2D eigenvalue weighted by Gasteiger charge is 2.18. The van der Waals surface area contributed by atoms with E-state index in [1.165, 1.54) is 12.8 Å². The number of likely N-dealkylation sites (tertiary alicyclic amines) is 1. The molecule has 17 heavy (non-hydrogen) atoms. The molecule has 1 aliphatic heterocycles. The Morgan fingerprint density at radius 2 is 2.29 bits per heavy atom. The van der Waals surface area contributed by atoms with Gasteiger partial charge < -0.3 is 10.0 Å². The van der Waals surface area contributed by atoms with E-state index in [9.17, 15) is 4.79 Å². The molecular formula is C12H18N2O2S. The molecule has 0 atom stereocenters. The second kappa shape index (κ2) is 5.60. The Balaban J connectivity index is 1.86. The van der Waals surface area contributed by atoms with Gasteiger partial charge in [0.1, 0.15) is 0 Å². The van der Waals surface area contributed by atoms with Gasteiger partial charge in [-0.2, -0.15) is 0 Å². The van der Waals surface area contributed by atoms with Gasteiger partial charge in [-0.05, 0) is 38.9 Å². The summed E-state index contributed by atoms with van der Waals surface area (Å²) < 4.78 is 0. The molecular weight excluding hydrogens is 236 g/mol. The monoisotopic (exact) mass is 254 g/mol. The minimum Gasteiger partial charge on any atom is -0.481 e. The fraction of sp³-hybridized carbons (Fsp3) is 0.667. The molecule has 4 nitrogen and oxygen atoms in total. The summed E-state index contributed by atoms with van der Waals surface area (Å²) in [5.74, 6) is -0.0606. The van der Waals surface area contributed by atoms with E-state index >= 15 is 0 Å². The van der Waals surface area contributed by atoms with Crippen LogP contribution in [0.1, 0.15) is 22.7 Å². The number of carbonyl (C=O) groups is 1. The number of piperidine rings is 1. The molecule has 0 amide bonds. The number of hydrogen-bond acceptors (Lipinski definition) is 4. The van der Waals surface area contributed by atoms with E-state index in [4.69, 9.17) is 5.11 Å². The Bertz CT molecular complexity index is 384. The van der Waals surface area contributed by atoms with Crippen LogP contribution in [0.3, 0.4) is 0 Å². The topological polar surface area (TPSA) is 53.4 Å². The fourth-order valence-corrected chi connectivity index (χ4v) is 3.21. The number of nitrogens with zero attached hydrogens (tertiary/aromatic N) is 2. The van der Waals surface area contributed by atoms with Crippen LogP contribution in [0, 0.1) is 5.92 Å². The Hall–Kier alpha value is -0.940. The van der Waals surface area contributed by atoms with Crippen molar-refractivity contribution >= 4 is 17.3 Å². The summed E-state index contributed by atoms with van der Waals surface area (Å²) in [6.45, 7) is 2.33. The zero-order chi connectivity index (χ0) is 12.3. The van der Waals surface area contributed by atoms with E-state index in [-0.39, 0.29) is 6.42 Å². The normalized spacial score (nSPS) is 18.4. The van der Waals surface area contributed by atoms with Crippen LogP contribution in [-0.2, 0) is 17.6 Å². The zero-order valence-corrected chi connectivity index (χ0v) is 10.9. The average molecular weight is 254 g/mol. The van der Waals surface area contributed by atoms with Crippen LogP contribution >= 0.6 is 11.3 Å². The molecule has 0 unspecified atom stereocenters. The summed E-state index contributed by atoms with van der Waals surface area (Å²) in [4.78, 5) is 18.1. The van der Waals surface area contributed by atoms with Crippen LogP contribution in [-0.4, -0.2) is 41.1 Å². The number of aromatic nitrogens is 1. The number of carboxylic acids is 1. The summed E-state index contributed by atoms with van der Waals surface area (Å²) in [6.07, 6.45) is 5.28. The number of rotatable bonds is 4. The highest BCUT2D eigenvalue weighted by atomic mass is 32.1. The van der Waals surface area contributed by atoms with Gasteiger partial charge in [-0.1, -0.05) is 0 Å². The van der Waals surface area contributed by atoms with Gasteiger partial charge in [-0.15, -0.1) is 11.3 Å². The SMILES string of the molecule is CN1CCC(Cc2ncc(CC(=O)O)s2)CC1. The first kappa shape index (κ1) is 12.5. The van der Waals surface area contributed by atoms with Crippen molar-refractivity contribution in [3.05, 3.63) is 16.1 Å². The number of thiazole rings is 1. The molecule has 1 saturated heterocycles. The van der Waals surface area contributed by atoms with Crippen LogP contribution in [0.2, 0.25) is 0 Å². The lowest BCUT2D eigenvalue weighted by Gasteiger charge is -2.28. The highest BCUT2D eigenvalue weighted by Crippen LogP contribution is 2.23. The minimum atomic E-state index is -0.778. The first-order valence-corrected chi connectivity index (χ1v) is 6.79. The summed E-state index contributed by atoms with van der Waals surface area (Å²) in [6, 6.07) is 0. The second-order valence-corrected chi connectivity index (χ2v) is 5.94. The van der Waals surface area contributed by atoms with Crippen LogP contribution in [0.15, 0.2) is 6.20 Å². The first-order chi connectivity index (χ1) is 8.13. The van der Waals surface area contributed by atoms with Gasteiger partial charge in [-0.3, -0.25) is 4.79 Å². The molecule has 0 aromatic carbocycles. The van der Waals surface area contributed by atoms with Gasteiger partial charge in [-0.25, -0.2) is 4.98 Å². The second-order valence-electron chi connectivity index (χ2n) is 4.74. The van der Waals surface area contributed by atoms with Gasteiger partial charge in [0.15, 0.2) is 0 Å². The molecule has 2 heterocycles. The van der Waals surface area contributed by atoms with Crippen LogP contribution in [0.4, 0.5) is 0 Å². The van der Waals surface area contributed by atoms with E-state index in [2.05, 4.69) is 16.9 Å². The van der Waals surface area contributed by atoms with Crippen molar-refractivity contribution in [3.8, 4) is 0 Å². The molecule has 0 spiro atoms. The molecule has 1 aromatic rings. The van der Waals surface area contributed by atoms with Crippen LogP contribution < -0.4 is 0 Å². The van der Waals surface area contributed by atoms with Gasteiger partial charge in [0.2, 0.25) is 0 Å². The largest absolute Gasteiger partial charge is 0.481 e. The number of hydrogen-bond donors (Lipinski definition) is 1. The molecule has 1 aliphatic rings. The smallest absolute Gasteiger partial charge is 0.308 e. The lowest BCUT2D eigenvalue weighted by molar-refractivity contribution is -0.136. The van der Waals surface area contributed by atoms with Crippen molar-refractivity contribution in [1.82, 2.24) is 9.88 Å². The lowest BCUT2D eigenvalue weighted by Crippen LogP contribution is -2.30. The summed E-state index contributed by atoms with van der Waals surface area (Å²) in [5.41, 5.74) is 0. The van der Waals surface area contributed by atoms with E-state index < -0.39 is 5.97 Å². The van der Waals surface area contributed by atoms with Crippen molar-refractivity contribution in [1.29, 1.82) is 0 Å². The third-order valence-electron chi connectivity index (χ3n) is 3.23. The Morgan fingerprint density at radius 3 is 2.94 bits per heavy atom. The van der Waals surface area contributed by atoms with Crippen molar-refractivity contribution < 1.29 is 9.90 Å². The molecule has 1 aromatic heterocycles. The Kier molecular flexibility index (Phi) is 4.12. The van der Waals surface area contributed by atoms with Crippen molar-refractivity contribution in [3.63, 3.8) is 0 Å². The summed E-state index contributed by atoms with van der Waals surface area (Å²) >= 11 is 1.55. The maximum Gasteiger partial charge on any atom is 0.308 e. The Labute approximate surface area is 105 Å². The van der Waals surface area contributed by atoms with Crippen molar-refractivity contribution in [2.75, 3.05) is 20.1 Å². The Morgan fingerprint density at radius 1 is 1.59 bits per heavy atom. The average Bonchev–Trinajstić information content (AvgIpc) is 2.68. The molecule has 1 fully saturated rings. The molecule has 0 aliphatic carbocycles. The molecule has 5 heteroatoms. The molecule has 0 bridgehead atoms. The van der Waals surface area contributed by atoms with E-state index in [1.807, 2.05) is 0 Å². The van der Waals surface area contributed by atoms with E-state index in [0.29, 0.717) is 0 Å². The maximum atomic E-state index is 10.6. The van der Waals surface area contributed by atoms with Gasteiger partial charge in [0.05, 0.1) is 11.4 Å². The third kappa shape index (κ3) is 3.78. The standard InChI is InChI=1S/C12H18N2O2S/c1-14-4-2-9(3-5-14)6-11-13-8-10(17-11)7-12(15)16/h8-9H,2-7H2,1H3,(H,15,16). The van der Waals surface area contributed by atoms with E-state index in [1.54, 1.807) is 17.5 Å². The molecule has 1 N–H and O–H groups in total. The number of carboxylic acid groups (broad SMARTS) is 1. The molecule has 2 rings (SSSR count). The number of aliphatic carboxylic acids is 1. The van der Waals surface area contributed by atoms with Crippen molar-refractivity contribution in [2.24, 2.45) is 5.92 Å². The van der Waals surface area contributed by atoms with Crippen molar-refractivity contribution in [2.45, 2.75) is 25.7 Å². The maximum absolute atomic E-state index is 10.6. The van der Waals surface area contributed by atoms with Gasteiger partial charge in [0.25, 0.3) is 0 Å². The predicted octanol–water partition coefficient (Wildman–Crippen LogP) is 1.65. The quantitative estimate of drug-likeness (QED) is 0.887. The van der Waals surface area contributed by atoms with Crippen LogP contribution in [0.25, 0.3) is 0 Å². The summed E-state index contributed by atoms with van der Waals surface area (Å²) in [5, 5.41) is 9.79. The zero-order valence-electron chi connectivity index (χ0n) is 10.1. The molecule has 0 radical (unpaired) electrons. The van der Waals surface area contributed by atoms with Gasteiger partial charge in [0, 0.05) is 17.5 Å². The molecule has 94 valence electrons. The third-order valence-corrected chi connectivity index (χ3v) is 4.25. The van der Waals surface area contributed by atoms with Crippen LogP contribution in [0.5, 0.6) is 0 Å². The lowest BCUT2D eigenvalue weighted by atomic mass is 9.94. The molecule has 0 saturated carbocycles. The predicted molar refractivity (Wildman–Crippen MR) is 67.4 cm³/mol. The van der Waals surface area contributed by atoms with Gasteiger partial charge >= 0.3 is 5.97 Å². The highest BCUT2D eigenvalue weighted by molar-refractivity contribution is 7.11. The van der Waals surface area contributed by atoms with E-state index in [0.717, 1.165) is 35.3 Å². The summed E-state index contributed by atoms with van der Waals surface area (Å²) in [7, 11) is 2.16. The fourth-order valence-electron chi connectivity index (χ4n) is 2.19.